The summed E-state index contributed by atoms with van der Waals surface area (Å²) in [5, 5.41) is 12.7. The molecule has 0 aliphatic rings. The zero-order valence-corrected chi connectivity index (χ0v) is 23.1. The first-order valence-electron chi connectivity index (χ1n) is 13.1. The Hall–Kier alpha value is -5.42. The van der Waals surface area contributed by atoms with E-state index < -0.39 is 5.91 Å². The second-order valence-electron chi connectivity index (χ2n) is 9.19. The molecule has 0 unspecified atom stereocenters. The molecule has 42 heavy (non-hydrogen) atoms. The molecule has 5 rings (SSSR count). The second kappa shape index (κ2) is 12.4. The van der Waals surface area contributed by atoms with Crippen LogP contribution in [0.15, 0.2) is 71.4 Å². The van der Waals surface area contributed by atoms with Gasteiger partial charge in [-0.3, -0.25) is 14.8 Å². The predicted octanol–water partition coefficient (Wildman–Crippen LogP) is 5.33. The summed E-state index contributed by atoms with van der Waals surface area (Å²) in [6.45, 7) is 4.37. The zero-order chi connectivity index (χ0) is 29.6. The fraction of sp³-hybridized carbons (Fsp3) is 0.161. The third-order valence-electron chi connectivity index (χ3n) is 6.41. The van der Waals surface area contributed by atoms with Crippen LogP contribution >= 0.6 is 0 Å². The molecule has 0 spiro atoms. The first kappa shape index (κ1) is 28.1. The van der Waals surface area contributed by atoms with Crippen LogP contribution in [0, 0.1) is 6.92 Å². The summed E-state index contributed by atoms with van der Waals surface area (Å²) in [7, 11) is 1.55. The topological polar surface area (TPSA) is 145 Å². The quantitative estimate of drug-likeness (QED) is 0.116. The van der Waals surface area contributed by atoms with Gasteiger partial charge in [0.05, 0.1) is 23.6 Å². The van der Waals surface area contributed by atoms with E-state index in [1.165, 1.54) is 12.4 Å². The number of methoxy groups -OCH3 is 1. The number of aromatic nitrogens is 2. The highest BCUT2D eigenvalue weighted by molar-refractivity contribution is 6.07. The van der Waals surface area contributed by atoms with Crippen molar-refractivity contribution in [2.24, 2.45) is 0 Å². The minimum atomic E-state index is -0.611. The summed E-state index contributed by atoms with van der Waals surface area (Å²) in [4.78, 5) is 32.4. The number of nitrogens with zero attached hydrogens (tertiary/aromatic N) is 2. The molecular weight excluding hydrogens is 540 g/mol. The van der Waals surface area contributed by atoms with Gasteiger partial charge in [0, 0.05) is 30.1 Å². The molecule has 0 atom stereocenters. The molecule has 0 aliphatic carbocycles. The van der Waals surface area contributed by atoms with Crippen LogP contribution < -0.4 is 25.0 Å². The number of nitrogens with one attached hydrogen (secondary N) is 2. The monoisotopic (exact) mass is 568 g/mol. The molecule has 11 nitrogen and oxygen atoms in total. The number of furan rings is 1. The summed E-state index contributed by atoms with van der Waals surface area (Å²) in [5.41, 5.74) is 4.84. The van der Waals surface area contributed by atoms with Gasteiger partial charge in [0.2, 0.25) is 5.88 Å². The fourth-order valence-corrected chi connectivity index (χ4v) is 4.39. The third kappa shape index (κ3) is 6.01. The van der Waals surface area contributed by atoms with Crippen molar-refractivity contribution in [2.75, 3.05) is 13.7 Å². The summed E-state index contributed by atoms with van der Waals surface area (Å²) in [6.07, 6.45) is 4.21. The van der Waals surface area contributed by atoms with Crippen molar-refractivity contribution < 1.29 is 33.4 Å². The maximum Gasteiger partial charge on any atom is 0.267 e. The average molecular weight is 569 g/mol. The standard InChI is InChI=1S/C31H28N4O7/c1-4-32-30(37)29-18(2)41-25-13-21(10-11-22(25)29)42-31-23-14-27(26(39-3)15-24(23)33-17-34-31)40-16-20-7-5-19(6-8-20)9-12-28(36)35-38/h5-15,17,38H,4,16H2,1-3H3,(H,32,37)(H,35,36)/b12-9+. The molecular formula is C31H28N4O7. The first-order chi connectivity index (χ1) is 20.4. The van der Waals surface area contributed by atoms with Gasteiger partial charge < -0.3 is 23.9 Å². The Morgan fingerprint density at radius 1 is 1.02 bits per heavy atom. The van der Waals surface area contributed by atoms with Crippen molar-refractivity contribution in [2.45, 2.75) is 20.5 Å². The Morgan fingerprint density at radius 2 is 1.83 bits per heavy atom. The van der Waals surface area contributed by atoms with E-state index in [4.69, 9.17) is 23.8 Å². The molecule has 0 aliphatic heterocycles. The summed E-state index contributed by atoms with van der Waals surface area (Å²) < 4.78 is 23.6. The van der Waals surface area contributed by atoms with Crippen LogP contribution in [0.1, 0.15) is 34.2 Å². The van der Waals surface area contributed by atoms with E-state index in [0.717, 1.165) is 11.1 Å². The van der Waals surface area contributed by atoms with E-state index in [1.807, 2.05) is 31.2 Å². The minimum Gasteiger partial charge on any atom is -0.493 e. The van der Waals surface area contributed by atoms with Crippen molar-refractivity contribution in [1.29, 1.82) is 0 Å². The van der Waals surface area contributed by atoms with Crippen molar-refractivity contribution in [1.82, 2.24) is 20.8 Å². The molecule has 0 radical (unpaired) electrons. The number of aryl methyl sites for hydroxylation is 1. The van der Waals surface area contributed by atoms with Gasteiger partial charge in [-0.15, -0.1) is 0 Å². The normalized spacial score (nSPS) is 11.1. The Bertz CT molecular complexity index is 1800. The Balaban J connectivity index is 1.39. The van der Waals surface area contributed by atoms with E-state index >= 15 is 0 Å². The highest BCUT2D eigenvalue weighted by Crippen LogP contribution is 2.37. The predicted molar refractivity (Wildman–Crippen MR) is 155 cm³/mol. The lowest BCUT2D eigenvalue weighted by molar-refractivity contribution is -0.124. The number of ether oxygens (including phenoxy) is 3. The van der Waals surface area contributed by atoms with Crippen molar-refractivity contribution >= 4 is 39.8 Å². The molecule has 2 heterocycles. The third-order valence-corrected chi connectivity index (χ3v) is 6.41. The van der Waals surface area contributed by atoms with Crippen LogP contribution in [0.25, 0.3) is 27.9 Å². The van der Waals surface area contributed by atoms with Crippen molar-refractivity contribution in [3.05, 3.63) is 89.5 Å². The molecule has 2 aromatic heterocycles. The molecule has 0 fully saturated rings. The number of benzene rings is 3. The van der Waals surface area contributed by atoms with Gasteiger partial charge in [0.25, 0.3) is 11.8 Å². The van der Waals surface area contributed by atoms with Crippen LogP contribution in [0.5, 0.6) is 23.1 Å². The minimum absolute atomic E-state index is 0.189. The molecule has 0 saturated carbocycles. The Kier molecular flexibility index (Phi) is 8.30. The lowest BCUT2D eigenvalue weighted by Gasteiger charge is -2.13. The number of rotatable bonds is 10. The maximum absolute atomic E-state index is 12.5. The van der Waals surface area contributed by atoms with E-state index in [-0.39, 0.29) is 12.5 Å². The highest BCUT2D eigenvalue weighted by atomic mass is 16.5. The molecule has 0 bridgehead atoms. The number of carbonyl (C=O) groups excluding carboxylic acids is 2. The van der Waals surface area contributed by atoms with E-state index in [2.05, 4.69) is 15.3 Å². The smallest absolute Gasteiger partial charge is 0.267 e. The van der Waals surface area contributed by atoms with E-state index in [0.29, 0.717) is 62.9 Å². The number of carbonyl (C=O) groups is 2. The second-order valence-corrected chi connectivity index (χ2v) is 9.19. The molecule has 3 N–H and O–H groups in total. The van der Waals surface area contributed by atoms with Crippen LogP contribution in [0.2, 0.25) is 0 Å². The Morgan fingerprint density at radius 3 is 2.57 bits per heavy atom. The van der Waals surface area contributed by atoms with Crippen LogP contribution in [-0.2, 0) is 11.4 Å². The van der Waals surface area contributed by atoms with Crippen molar-refractivity contribution in [3.8, 4) is 23.1 Å². The lowest BCUT2D eigenvalue weighted by atomic mass is 10.1. The fourth-order valence-electron chi connectivity index (χ4n) is 4.39. The van der Waals surface area contributed by atoms with Crippen LogP contribution in [0.4, 0.5) is 0 Å². The van der Waals surface area contributed by atoms with Gasteiger partial charge in [-0.1, -0.05) is 24.3 Å². The molecule has 5 aromatic rings. The molecule has 0 saturated heterocycles. The van der Waals surface area contributed by atoms with Gasteiger partial charge >= 0.3 is 0 Å². The van der Waals surface area contributed by atoms with Gasteiger partial charge in [0.1, 0.15) is 30.0 Å². The van der Waals surface area contributed by atoms with Gasteiger partial charge in [-0.25, -0.2) is 15.4 Å². The number of hydroxylamine groups is 1. The molecule has 214 valence electrons. The molecule has 11 heteroatoms. The zero-order valence-electron chi connectivity index (χ0n) is 23.1. The summed E-state index contributed by atoms with van der Waals surface area (Å²) in [6, 6.07) is 16.2. The maximum atomic E-state index is 12.5. The average Bonchev–Trinajstić information content (AvgIpc) is 3.34. The van der Waals surface area contributed by atoms with Gasteiger partial charge in [0.15, 0.2) is 11.5 Å². The van der Waals surface area contributed by atoms with Crippen LogP contribution in [-0.4, -0.2) is 40.6 Å². The summed E-state index contributed by atoms with van der Waals surface area (Å²) in [5.74, 6) is 1.47. The number of hydrogen-bond donors (Lipinski definition) is 3. The number of fused-ring (bicyclic) bond motifs is 2. The van der Waals surface area contributed by atoms with Crippen molar-refractivity contribution in [3.63, 3.8) is 0 Å². The van der Waals surface area contributed by atoms with Crippen LogP contribution in [0.3, 0.4) is 0 Å². The molecule has 3 aromatic carbocycles. The highest BCUT2D eigenvalue weighted by Gasteiger charge is 2.19. The lowest BCUT2D eigenvalue weighted by Crippen LogP contribution is -2.22. The largest absolute Gasteiger partial charge is 0.493 e. The number of amides is 2. The molecule has 2 amide bonds. The Labute approximate surface area is 240 Å². The van der Waals surface area contributed by atoms with E-state index in [9.17, 15) is 9.59 Å². The van der Waals surface area contributed by atoms with E-state index in [1.54, 1.807) is 55.9 Å². The summed E-state index contributed by atoms with van der Waals surface area (Å²) >= 11 is 0. The van der Waals surface area contributed by atoms with Gasteiger partial charge in [-0.2, -0.15) is 0 Å². The SMILES string of the molecule is CCNC(=O)c1c(C)oc2cc(Oc3ncnc4cc(OC)c(OCc5ccc(/C=C/C(=O)NO)cc5)cc34)ccc12. The first-order valence-corrected chi connectivity index (χ1v) is 13.1. The van der Waals surface area contributed by atoms with Gasteiger partial charge in [-0.05, 0) is 49.2 Å². The number of hydrogen-bond acceptors (Lipinski definition) is 9.